The zero-order valence-electron chi connectivity index (χ0n) is 18.0. The van der Waals surface area contributed by atoms with E-state index in [1.807, 2.05) is 54.6 Å². The zero-order valence-corrected chi connectivity index (χ0v) is 18.0. The van der Waals surface area contributed by atoms with Gasteiger partial charge in [-0.25, -0.2) is 9.40 Å². The van der Waals surface area contributed by atoms with Gasteiger partial charge >= 0.3 is 0 Å². The molecule has 1 heterocycles. The van der Waals surface area contributed by atoms with Gasteiger partial charge in [-0.15, -0.1) is 0 Å². The fraction of sp³-hybridized carbons (Fsp3) is 0.160. The van der Waals surface area contributed by atoms with E-state index in [4.69, 9.17) is 10.5 Å². The number of rotatable bonds is 7. The van der Waals surface area contributed by atoms with Crippen LogP contribution in [0, 0.1) is 5.82 Å². The molecule has 33 heavy (non-hydrogen) atoms. The van der Waals surface area contributed by atoms with Crippen LogP contribution in [0.1, 0.15) is 33.9 Å². The number of carbonyl (C=O) groups excluding carboxylic acids is 2. The van der Waals surface area contributed by atoms with Crippen molar-refractivity contribution in [3.63, 3.8) is 0 Å². The average Bonchev–Trinajstić information content (AvgIpc) is 3.29. The minimum Gasteiger partial charge on any atom is -0.497 e. The molecule has 0 aliphatic carbocycles. The van der Waals surface area contributed by atoms with Crippen molar-refractivity contribution < 1.29 is 18.7 Å². The lowest BCUT2D eigenvalue weighted by molar-refractivity contribution is -0.131. The fourth-order valence-electron chi connectivity index (χ4n) is 3.71. The quantitative estimate of drug-likeness (QED) is 0.578. The summed E-state index contributed by atoms with van der Waals surface area (Å²) in [7, 11) is 1.60. The van der Waals surface area contributed by atoms with Crippen molar-refractivity contribution in [2.24, 2.45) is 10.8 Å². The van der Waals surface area contributed by atoms with Gasteiger partial charge in [-0.1, -0.05) is 42.5 Å². The first-order valence-corrected chi connectivity index (χ1v) is 10.4. The van der Waals surface area contributed by atoms with Gasteiger partial charge in [-0.3, -0.25) is 9.59 Å². The van der Waals surface area contributed by atoms with Crippen LogP contribution in [0.25, 0.3) is 0 Å². The largest absolute Gasteiger partial charge is 0.497 e. The van der Waals surface area contributed by atoms with Gasteiger partial charge < -0.3 is 15.8 Å². The Balaban J connectivity index is 1.56. The SMILES string of the molecule is COc1ccc(C2CC(c3ccccc3)=NN2C(=O)CNc2ccc(F)c(C(N)=O)c2)cc1. The van der Waals surface area contributed by atoms with E-state index < -0.39 is 11.7 Å². The van der Waals surface area contributed by atoms with E-state index in [-0.39, 0.29) is 24.1 Å². The number of hydrazone groups is 1. The number of ether oxygens (including phenoxy) is 1. The number of amides is 2. The molecule has 0 spiro atoms. The molecule has 3 aromatic rings. The van der Waals surface area contributed by atoms with Crippen LogP contribution in [0.4, 0.5) is 10.1 Å². The number of benzene rings is 3. The maximum atomic E-state index is 13.7. The average molecular weight is 446 g/mol. The number of hydrogen-bond acceptors (Lipinski definition) is 5. The number of anilines is 1. The molecule has 0 saturated heterocycles. The summed E-state index contributed by atoms with van der Waals surface area (Å²) in [5.41, 5.74) is 8.05. The smallest absolute Gasteiger partial charge is 0.262 e. The molecule has 3 N–H and O–H groups in total. The Morgan fingerprint density at radius 1 is 1.12 bits per heavy atom. The zero-order chi connectivity index (χ0) is 23.4. The van der Waals surface area contributed by atoms with E-state index in [9.17, 15) is 14.0 Å². The summed E-state index contributed by atoms with van der Waals surface area (Å²) in [6, 6.07) is 20.8. The molecule has 1 unspecified atom stereocenters. The van der Waals surface area contributed by atoms with Crippen LogP contribution in [0.15, 0.2) is 77.9 Å². The Kier molecular flexibility index (Phi) is 6.35. The van der Waals surface area contributed by atoms with Gasteiger partial charge in [0, 0.05) is 12.1 Å². The van der Waals surface area contributed by atoms with Crippen molar-refractivity contribution in [1.82, 2.24) is 5.01 Å². The van der Waals surface area contributed by atoms with Crippen molar-refractivity contribution in [2.45, 2.75) is 12.5 Å². The summed E-state index contributed by atoms with van der Waals surface area (Å²) in [6.07, 6.45) is 0.560. The summed E-state index contributed by atoms with van der Waals surface area (Å²) in [5.74, 6) is -1.14. The molecule has 3 aromatic carbocycles. The molecule has 1 atom stereocenters. The molecule has 4 rings (SSSR count). The monoisotopic (exact) mass is 446 g/mol. The Labute approximate surface area is 190 Å². The highest BCUT2D eigenvalue weighted by molar-refractivity contribution is 6.03. The van der Waals surface area contributed by atoms with Gasteiger partial charge in [-0.05, 0) is 41.5 Å². The number of primary amides is 1. The standard InChI is InChI=1S/C25H23FN4O3/c1-33-19-10-7-17(8-11-19)23-14-22(16-5-3-2-4-6-16)29-30(23)24(31)15-28-18-9-12-21(26)20(13-18)25(27)32/h2-13,23,28H,14-15H2,1H3,(H2,27,32). The lowest BCUT2D eigenvalue weighted by atomic mass is 9.98. The number of nitrogens with two attached hydrogens (primary N) is 1. The molecule has 0 aromatic heterocycles. The van der Waals surface area contributed by atoms with Gasteiger partial charge in [-0.2, -0.15) is 5.10 Å². The first-order chi connectivity index (χ1) is 16.0. The molecule has 0 bridgehead atoms. The molecule has 2 amide bonds. The maximum Gasteiger partial charge on any atom is 0.262 e. The second-order valence-electron chi connectivity index (χ2n) is 7.56. The van der Waals surface area contributed by atoms with Crippen LogP contribution < -0.4 is 15.8 Å². The van der Waals surface area contributed by atoms with Gasteiger partial charge in [0.05, 0.1) is 31.0 Å². The van der Waals surface area contributed by atoms with Crippen molar-refractivity contribution >= 4 is 23.2 Å². The second-order valence-corrected chi connectivity index (χ2v) is 7.56. The van der Waals surface area contributed by atoms with Gasteiger partial charge in [0.2, 0.25) is 0 Å². The molecular weight excluding hydrogens is 423 g/mol. The molecular formula is C25H23FN4O3. The van der Waals surface area contributed by atoms with Crippen LogP contribution in [0.2, 0.25) is 0 Å². The molecule has 0 radical (unpaired) electrons. The number of nitrogens with one attached hydrogen (secondary N) is 1. The minimum atomic E-state index is -0.876. The van der Waals surface area contributed by atoms with E-state index in [1.165, 1.54) is 17.1 Å². The fourth-order valence-corrected chi connectivity index (χ4v) is 3.71. The molecule has 1 aliphatic heterocycles. The van der Waals surface area contributed by atoms with E-state index >= 15 is 0 Å². The van der Waals surface area contributed by atoms with Gasteiger partial charge in [0.25, 0.3) is 11.8 Å². The predicted molar refractivity (Wildman–Crippen MR) is 124 cm³/mol. The molecule has 8 heteroatoms. The normalized spacial score (nSPS) is 15.2. The lowest BCUT2D eigenvalue weighted by Crippen LogP contribution is -2.32. The first kappa shape index (κ1) is 22.0. The highest BCUT2D eigenvalue weighted by Crippen LogP contribution is 2.33. The van der Waals surface area contributed by atoms with Gasteiger partial charge in [0.1, 0.15) is 11.6 Å². The summed E-state index contributed by atoms with van der Waals surface area (Å²) in [5, 5.41) is 9.03. The Bertz CT molecular complexity index is 1200. The maximum absolute atomic E-state index is 13.7. The number of halogens is 1. The number of carbonyl (C=O) groups is 2. The van der Waals surface area contributed by atoms with Crippen LogP contribution in [-0.2, 0) is 4.79 Å². The predicted octanol–water partition coefficient (Wildman–Crippen LogP) is 3.72. The summed E-state index contributed by atoms with van der Waals surface area (Å²) < 4.78 is 19.0. The van der Waals surface area contributed by atoms with E-state index in [2.05, 4.69) is 10.4 Å². The molecule has 0 saturated carbocycles. The number of nitrogens with zero attached hydrogens (tertiary/aromatic N) is 2. The third kappa shape index (κ3) is 4.85. The Hall–Kier alpha value is -4.20. The second kappa shape index (κ2) is 9.52. The third-order valence-corrected chi connectivity index (χ3v) is 5.45. The molecule has 168 valence electrons. The number of methoxy groups -OCH3 is 1. The lowest BCUT2D eigenvalue weighted by Gasteiger charge is -2.22. The topological polar surface area (TPSA) is 97.0 Å². The highest BCUT2D eigenvalue weighted by Gasteiger charge is 2.33. The summed E-state index contributed by atoms with van der Waals surface area (Å²) in [6.45, 7) is -0.0952. The van der Waals surface area contributed by atoms with Crippen LogP contribution in [-0.4, -0.2) is 36.2 Å². The van der Waals surface area contributed by atoms with Gasteiger partial charge in [0.15, 0.2) is 0 Å². The van der Waals surface area contributed by atoms with Crippen molar-refractivity contribution in [3.05, 3.63) is 95.3 Å². The first-order valence-electron chi connectivity index (χ1n) is 10.4. The number of hydrogen-bond donors (Lipinski definition) is 2. The molecule has 7 nitrogen and oxygen atoms in total. The van der Waals surface area contributed by atoms with Crippen LogP contribution in [0.5, 0.6) is 5.75 Å². The highest BCUT2D eigenvalue weighted by atomic mass is 19.1. The Morgan fingerprint density at radius 2 is 1.85 bits per heavy atom. The van der Waals surface area contributed by atoms with Crippen molar-refractivity contribution in [3.8, 4) is 5.75 Å². The Morgan fingerprint density at radius 3 is 2.52 bits per heavy atom. The summed E-state index contributed by atoms with van der Waals surface area (Å²) in [4.78, 5) is 24.5. The van der Waals surface area contributed by atoms with Crippen LogP contribution >= 0.6 is 0 Å². The van der Waals surface area contributed by atoms with Crippen molar-refractivity contribution in [2.75, 3.05) is 19.0 Å². The molecule has 0 fully saturated rings. The van der Waals surface area contributed by atoms with Crippen molar-refractivity contribution in [1.29, 1.82) is 0 Å². The summed E-state index contributed by atoms with van der Waals surface area (Å²) >= 11 is 0. The molecule has 1 aliphatic rings. The minimum absolute atomic E-state index is 0.0952. The van der Waals surface area contributed by atoms with E-state index in [1.54, 1.807) is 7.11 Å². The van der Waals surface area contributed by atoms with E-state index in [0.717, 1.165) is 28.7 Å². The third-order valence-electron chi connectivity index (χ3n) is 5.45. The van der Waals surface area contributed by atoms with Crippen LogP contribution in [0.3, 0.4) is 0 Å². The van der Waals surface area contributed by atoms with E-state index in [0.29, 0.717) is 12.1 Å².